The summed E-state index contributed by atoms with van der Waals surface area (Å²) in [5.41, 5.74) is 0.811. The van der Waals surface area contributed by atoms with Crippen molar-refractivity contribution in [1.29, 1.82) is 0 Å². The molecule has 1 heterocycles. The van der Waals surface area contributed by atoms with Gasteiger partial charge in [-0.25, -0.2) is 9.18 Å². The largest absolute Gasteiger partial charge is 0.328 e. The highest BCUT2D eigenvalue weighted by Gasteiger charge is 2.16. The number of carbonyl (C=O) groups excluding carboxylic acids is 1. The Balaban J connectivity index is 1.96. The number of halogens is 1. The molecule has 7 heteroatoms. The van der Waals surface area contributed by atoms with Crippen LogP contribution >= 0.6 is 0 Å². The zero-order valence-electron chi connectivity index (χ0n) is 14.9. The minimum absolute atomic E-state index is 0.178. The summed E-state index contributed by atoms with van der Waals surface area (Å²) in [6.45, 7) is 3.44. The molecule has 2 aromatic carbocycles. The molecule has 3 rings (SSSR count). The van der Waals surface area contributed by atoms with Gasteiger partial charge in [0.2, 0.25) is 0 Å². The van der Waals surface area contributed by atoms with Gasteiger partial charge in [-0.05, 0) is 37.1 Å². The van der Waals surface area contributed by atoms with Crippen LogP contribution in [0, 0.1) is 19.7 Å². The highest BCUT2D eigenvalue weighted by atomic mass is 19.1. The summed E-state index contributed by atoms with van der Waals surface area (Å²) in [6.07, 6.45) is 1.07. The molecule has 0 spiro atoms. The van der Waals surface area contributed by atoms with Crippen LogP contribution in [0.25, 0.3) is 0 Å². The molecule has 0 atom stereocenters. The monoisotopic (exact) mass is 367 g/mol. The minimum atomic E-state index is -0.787. The number of carbonyl (C=O) groups is 1. The molecule has 0 radical (unpaired) electrons. The summed E-state index contributed by atoms with van der Waals surface area (Å²) in [6, 6.07) is 11.4. The molecule has 3 aromatic rings. The Morgan fingerprint density at radius 2 is 1.89 bits per heavy atom. The number of anilines is 1. The molecular weight excluding hydrogens is 349 g/mol. The highest BCUT2D eigenvalue weighted by molar-refractivity contribution is 6.04. The summed E-state index contributed by atoms with van der Waals surface area (Å²) in [5.74, 6) is -1.18. The van der Waals surface area contributed by atoms with Crippen LogP contribution in [-0.2, 0) is 6.54 Å². The van der Waals surface area contributed by atoms with E-state index in [4.69, 9.17) is 0 Å². The van der Waals surface area contributed by atoms with Gasteiger partial charge in [0.1, 0.15) is 11.4 Å². The van der Waals surface area contributed by atoms with Crippen molar-refractivity contribution in [2.75, 3.05) is 5.32 Å². The van der Waals surface area contributed by atoms with Gasteiger partial charge in [-0.3, -0.25) is 14.2 Å². The number of aromatic amines is 1. The van der Waals surface area contributed by atoms with Crippen LogP contribution in [0.2, 0.25) is 0 Å². The Morgan fingerprint density at radius 1 is 1.15 bits per heavy atom. The number of nitrogens with one attached hydrogen (secondary N) is 2. The Morgan fingerprint density at radius 3 is 2.63 bits per heavy atom. The van der Waals surface area contributed by atoms with Crippen molar-refractivity contribution in [3.05, 3.63) is 97.6 Å². The van der Waals surface area contributed by atoms with E-state index in [2.05, 4.69) is 10.3 Å². The first-order valence-corrected chi connectivity index (χ1v) is 8.31. The third-order valence-electron chi connectivity index (χ3n) is 4.23. The Labute approximate surface area is 154 Å². The van der Waals surface area contributed by atoms with E-state index in [0.29, 0.717) is 5.69 Å². The number of rotatable bonds is 4. The molecule has 27 heavy (non-hydrogen) atoms. The maximum Gasteiger partial charge on any atom is 0.328 e. The predicted molar refractivity (Wildman–Crippen MR) is 101 cm³/mol. The number of H-pyrrole nitrogens is 1. The van der Waals surface area contributed by atoms with Gasteiger partial charge in [-0.2, -0.15) is 0 Å². The van der Waals surface area contributed by atoms with Crippen molar-refractivity contribution in [3.63, 3.8) is 0 Å². The van der Waals surface area contributed by atoms with Crippen molar-refractivity contribution < 1.29 is 9.18 Å². The number of aryl methyl sites for hydroxylation is 2. The van der Waals surface area contributed by atoms with E-state index in [1.165, 1.54) is 18.2 Å². The first-order chi connectivity index (χ1) is 12.9. The minimum Gasteiger partial charge on any atom is -0.322 e. The molecule has 0 fully saturated rings. The maximum atomic E-state index is 13.9. The Bertz CT molecular complexity index is 1130. The van der Waals surface area contributed by atoms with Gasteiger partial charge < -0.3 is 10.3 Å². The second kappa shape index (κ2) is 7.41. The van der Waals surface area contributed by atoms with E-state index in [0.717, 1.165) is 21.9 Å². The van der Waals surface area contributed by atoms with Crippen LogP contribution in [0.4, 0.5) is 10.1 Å². The van der Waals surface area contributed by atoms with Crippen LogP contribution in [0.15, 0.2) is 58.3 Å². The van der Waals surface area contributed by atoms with Crippen molar-refractivity contribution >= 4 is 11.6 Å². The molecule has 0 aliphatic heterocycles. The Hall–Kier alpha value is -3.48. The number of hydrogen-bond donors (Lipinski definition) is 2. The Kier molecular flexibility index (Phi) is 5.03. The lowest BCUT2D eigenvalue weighted by Crippen LogP contribution is -2.39. The molecule has 0 saturated heterocycles. The van der Waals surface area contributed by atoms with Gasteiger partial charge in [0, 0.05) is 17.4 Å². The van der Waals surface area contributed by atoms with Crippen molar-refractivity contribution in [2.45, 2.75) is 20.4 Å². The van der Waals surface area contributed by atoms with Crippen LogP contribution in [0.1, 0.15) is 27.0 Å². The first-order valence-electron chi connectivity index (χ1n) is 8.31. The van der Waals surface area contributed by atoms with Crippen LogP contribution < -0.4 is 16.6 Å². The van der Waals surface area contributed by atoms with E-state index in [1.807, 2.05) is 26.0 Å². The first kappa shape index (κ1) is 18.3. The number of amides is 1. The summed E-state index contributed by atoms with van der Waals surface area (Å²) in [7, 11) is 0. The molecule has 0 aliphatic carbocycles. The molecule has 2 N–H and O–H groups in total. The van der Waals surface area contributed by atoms with Gasteiger partial charge in [-0.15, -0.1) is 0 Å². The fourth-order valence-electron chi connectivity index (χ4n) is 2.67. The second-order valence-corrected chi connectivity index (χ2v) is 6.26. The maximum absolute atomic E-state index is 13.9. The summed E-state index contributed by atoms with van der Waals surface area (Å²) >= 11 is 0. The van der Waals surface area contributed by atoms with E-state index >= 15 is 0 Å². The molecule has 1 aromatic heterocycles. The highest BCUT2D eigenvalue weighted by Crippen LogP contribution is 2.16. The zero-order valence-corrected chi connectivity index (χ0v) is 14.9. The topological polar surface area (TPSA) is 84.0 Å². The van der Waals surface area contributed by atoms with Crippen molar-refractivity contribution in [1.82, 2.24) is 9.55 Å². The van der Waals surface area contributed by atoms with E-state index in [-0.39, 0.29) is 17.7 Å². The van der Waals surface area contributed by atoms with E-state index in [9.17, 15) is 18.8 Å². The molecule has 0 unspecified atom stereocenters. The summed E-state index contributed by atoms with van der Waals surface area (Å²) < 4.78 is 14.7. The fraction of sp³-hybridized carbons (Fsp3) is 0.150. The van der Waals surface area contributed by atoms with E-state index in [1.54, 1.807) is 12.1 Å². The standard InChI is InChI=1S/C20H18FN3O3/c1-12-7-8-13(2)17(9-12)23-18(25)15-10-22-20(27)24(19(15)26)11-14-5-3-4-6-16(14)21/h3-10H,11H2,1-2H3,(H,22,27)(H,23,25). The molecule has 1 amide bonds. The molecule has 0 aliphatic rings. The van der Waals surface area contributed by atoms with Crippen LogP contribution in [0.3, 0.4) is 0 Å². The van der Waals surface area contributed by atoms with Gasteiger partial charge in [-0.1, -0.05) is 30.3 Å². The average Bonchev–Trinajstić information content (AvgIpc) is 2.63. The average molecular weight is 367 g/mol. The fourth-order valence-corrected chi connectivity index (χ4v) is 2.67. The third-order valence-corrected chi connectivity index (χ3v) is 4.23. The predicted octanol–water partition coefficient (Wildman–Crippen LogP) is 2.59. The molecule has 6 nitrogen and oxygen atoms in total. The number of hydrogen-bond acceptors (Lipinski definition) is 3. The number of benzene rings is 2. The number of nitrogens with zero attached hydrogens (tertiary/aromatic N) is 1. The normalized spacial score (nSPS) is 10.6. The number of aromatic nitrogens is 2. The van der Waals surface area contributed by atoms with Gasteiger partial charge >= 0.3 is 5.69 Å². The van der Waals surface area contributed by atoms with Gasteiger partial charge in [0.25, 0.3) is 11.5 Å². The van der Waals surface area contributed by atoms with Crippen LogP contribution in [-0.4, -0.2) is 15.5 Å². The lowest BCUT2D eigenvalue weighted by Gasteiger charge is -2.11. The second-order valence-electron chi connectivity index (χ2n) is 6.26. The molecular formula is C20H18FN3O3. The SMILES string of the molecule is Cc1ccc(C)c(NC(=O)c2c[nH]c(=O)n(Cc3ccccc3F)c2=O)c1. The van der Waals surface area contributed by atoms with Crippen molar-refractivity contribution in [2.24, 2.45) is 0 Å². The lowest BCUT2D eigenvalue weighted by molar-refractivity contribution is 0.102. The zero-order chi connectivity index (χ0) is 19.6. The third kappa shape index (κ3) is 3.87. The summed E-state index contributed by atoms with van der Waals surface area (Å²) in [4.78, 5) is 39.6. The smallest absolute Gasteiger partial charge is 0.322 e. The molecule has 0 saturated carbocycles. The molecule has 0 bridgehead atoms. The lowest BCUT2D eigenvalue weighted by atomic mass is 10.1. The van der Waals surface area contributed by atoms with Crippen LogP contribution in [0.5, 0.6) is 0 Å². The summed E-state index contributed by atoms with van der Waals surface area (Å²) in [5, 5.41) is 2.68. The quantitative estimate of drug-likeness (QED) is 0.743. The van der Waals surface area contributed by atoms with Gasteiger partial charge in [0.15, 0.2) is 0 Å². The van der Waals surface area contributed by atoms with Gasteiger partial charge in [0.05, 0.1) is 6.54 Å². The van der Waals surface area contributed by atoms with Crippen molar-refractivity contribution in [3.8, 4) is 0 Å². The molecule has 138 valence electrons. The van der Waals surface area contributed by atoms with E-state index < -0.39 is 23.0 Å².